The Morgan fingerprint density at radius 2 is 2.18 bits per heavy atom. The summed E-state index contributed by atoms with van der Waals surface area (Å²) in [7, 11) is 2.06. The predicted molar refractivity (Wildman–Crippen MR) is 42.4 cm³/mol. The van der Waals surface area contributed by atoms with Crippen LogP contribution in [-0.2, 0) is 13.5 Å². The smallest absolute Gasteiger partial charge is 0.135 e. The highest BCUT2D eigenvalue weighted by Gasteiger charge is 2.28. The largest absolute Gasteiger partial charge is 0.318 e. The predicted octanol–water partition coefficient (Wildman–Crippen LogP) is 1.25. The molecule has 60 valence electrons. The molecule has 1 aromatic rings. The van der Waals surface area contributed by atoms with Gasteiger partial charge in [0.2, 0.25) is 0 Å². The van der Waals surface area contributed by atoms with E-state index in [1.54, 1.807) is 0 Å². The number of hydrogen-bond acceptors (Lipinski definition) is 2. The van der Waals surface area contributed by atoms with Crippen molar-refractivity contribution in [3.63, 3.8) is 0 Å². The number of rotatable bonds is 2. The van der Waals surface area contributed by atoms with Crippen LogP contribution < -0.4 is 0 Å². The van der Waals surface area contributed by atoms with Gasteiger partial charge in [0.25, 0.3) is 0 Å². The van der Waals surface area contributed by atoms with Crippen molar-refractivity contribution in [2.24, 2.45) is 7.05 Å². The zero-order chi connectivity index (χ0) is 7.84. The van der Waals surface area contributed by atoms with Gasteiger partial charge in [0, 0.05) is 19.4 Å². The summed E-state index contributed by atoms with van der Waals surface area (Å²) in [6.07, 6.45) is 3.58. The average molecular weight is 151 g/mol. The molecular weight excluding hydrogens is 138 g/mol. The van der Waals surface area contributed by atoms with Crippen LogP contribution in [0.25, 0.3) is 0 Å². The molecule has 0 radical (unpaired) electrons. The van der Waals surface area contributed by atoms with Crippen LogP contribution in [-0.4, -0.2) is 14.8 Å². The fraction of sp³-hybridized carbons (Fsp3) is 0.750. The lowest BCUT2D eigenvalue weighted by atomic mass is 10.4. The summed E-state index contributed by atoms with van der Waals surface area (Å²) in [4.78, 5) is 0. The van der Waals surface area contributed by atoms with E-state index in [-0.39, 0.29) is 0 Å². The van der Waals surface area contributed by atoms with Crippen molar-refractivity contribution >= 4 is 0 Å². The van der Waals surface area contributed by atoms with E-state index >= 15 is 0 Å². The fourth-order valence-electron chi connectivity index (χ4n) is 1.38. The van der Waals surface area contributed by atoms with Gasteiger partial charge in [-0.05, 0) is 12.8 Å². The molecule has 0 aliphatic heterocycles. The van der Waals surface area contributed by atoms with E-state index in [0.29, 0.717) is 5.92 Å². The summed E-state index contributed by atoms with van der Waals surface area (Å²) >= 11 is 0. The van der Waals surface area contributed by atoms with Crippen molar-refractivity contribution < 1.29 is 0 Å². The third kappa shape index (κ3) is 1.04. The maximum atomic E-state index is 4.16. The first kappa shape index (κ1) is 6.83. The van der Waals surface area contributed by atoms with E-state index in [0.717, 1.165) is 12.2 Å². The molecule has 1 aliphatic carbocycles. The second-order valence-corrected chi connectivity index (χ2v) is 3.16. The van der Waals surface area contributed by atoms with Crippen LogP contribution in [0.4, 0.5) is 0 Å². The minimum Gasteiger partial charge on any atom is -0.318 e. The van der Waals surface area contributed by atoms with Gasteiger partial charge in [-0.2, -0.15) is 0 Å². The van der Waals surface area contributed by atoms with Crippen LogP contribution >= 0.6 is 0 Å². The zero-order valence-corrected chi connectivity index (χ0v) is 7.04. The van der Waals surface area contributed by atoms with Crippen LogP contribution in [0.2, 0.25) is 0 Å². The third-order valence-corrected chi connectivity index (χ3v) is 2.26. The molecule has 1 fully saturated rings. The van der Waals surface area contributed by atoms with Crippen LogP contribution in [0.15, 0.2) is 0 Å². The van der Waals surface area contributed by atoms with Crippen molar-refractivity contribution in [2.75, 3.05) is 0 Å². The van der Waals surface area contributed by atoms with Gasteiger partial charge in [0.1, 0.15) is 11.6 Å². The monoisotopic (exact) mass is 151 g/mol. The van der Waals surface area contributed by atoms with Crippen LogP contribution in [0.3, 0.4) is 0 Å². The van der Waals surface area contributed by atoms with Gasteiger partial charge >= 0.3 is 0 Å². The Balaban J connectivity index is 2.33. The van der Waals surface area contributed by atoms with Gasteiger partial charge in [-0.25, -0.2) is 0 Å². The third-order valence-electron chi connectivity index (χ3n) is 2.26. The van der Waals surface area contributed by atoms with Crippen LogP contribution in [0.5, 0.6) is 0 Å². The Kier molecular flexibility index (Phi) is 1.44. The molecule has 0 bridgehead atoms. The van der Waals surface area contributed by atoms with E-state index in [9.17, 15) is 0 Å². The second kappa shape index (κ2) is 2.32. The number of aromatic nitrogens is 3. The fourth-order valence-corrected chi connectivity index (χ4v) is 1.38. The van der Waals surface area contributed by atoms with Crippen LogP contribution in [0.1, 0.15) is 37.3 Å². The molecule has 1 aromatic heterocycles. The Morgan fingerprint density at radius 3 is 2.64 bits per heavy atom. The maximum absolute atomic E-state index is 4.16. The van der Waals surface area contributed by atoms with E-state index in [1.807, 2.05) is 0 Å². The minimum atomic E-state index is 0.716. The first-order valence-electron chi connectivity index (χ1n) is 4.21. The molecule has 0 amide bonds. The molecule has 0 unspecified atom stereocenters. The number of hydrogen-bond donors (Lipinski definition) is 0. The first-order chi connectivity index (χ1) is 5.33. The number of nitrogens with zero attached hydrogens (tertiary/aromatic N) is 3. The van der Waals surface area contributed by atoms with Crippen molar-refractivity contribution in [1.82, 2.24) is 14.8 Å². The molecule has 2 rings (SSSR count). The Labute approximate surface area is 66.4 Å². The van der Waals surface area contributed by atoms with E-state index in [1.165, 1.54) is 18.7 Å². The molecule has 1 saturated carbocycles. The van der Waals surface area contributed by atoms with Crippen molar-refractivity contribution in [2.45, 2.75) is 32.1 Å². The van der Waals surface area contributed by atoms with E-state index in [4.69, 9.17) is 0 Å². The molecule has 0 atom stereocenters. The SMILES string of the molecule is CCc1nnc(C2CC2)n1C. The van der Waals surface area contributed by atoms with E-state index in [2.05, 4.69) is 28.7 Å². The molecule has 0 aromatic carbocycles. The lowest BCUT2D eigenvalue weighted by molar-refractivity contribution is 0.754. The number of aryl methyl sites for hydroxylation is 1. The molecule has 0 N–H and O–H groups in total. The maximum Gasteiger partial charge on any atom is 0.135 e. The van der Waals surface area contributed by atoms with E-state index < -0.39 is 0 Å². The lowest BCUT2D eigenvalue weighted by Crippen LogP contribution is -1.99. The van der Waals surface area contributed by atoms with Crippen molar-refractivity contribution in [3.05, 3.63) is 11.6 Å². The summed E-state index contributed by atoms with van der Waals surface area (Å²) < 4.78 is 2.14. The summed E-state index contributed by atoms with van der Waals surface area (Å²) in [5, 5.41) is 8.27. The average Bonchev–Trinajstić information content (AvgIpc) is 2.77. The Hall–Kier alpha value is -0.860. The van der Waals surface area contributed by atoms with Gasteiger partial charge in [-0.3, -0.25) is 0 Å². The molecule has 1 aliphatic rings. The minimum absolute atomic E-state index is 0.716. The normalized spacial score (nSPS) is 17.3. The van der Waals surface area contributed by atoms with Gasteiger partial charge in [-0.1, -0.05) is 6.92 Å². The zero-order valence-electron chi connectivity index (χ0n) is 7.04. The molecule has 0 spiro atoms. The van der Waals surface area contributed by atoms with Gasteiger partial charge in [-0.15, -0.1) is 10.2 Å². The second-order valence-electron chi connectivity index (χ2n) is 3.16. The molecule has 0 saturated heterocycles. The highest BCUT2D eigenvalue weighted by Crippen LogP contribution is 2.38. The highest BCUT2D eigenvalue weighted by molar-refractivity contribution is 5.07. The van der Waals surface area contributed by atoms with Crippen molar-refractivity contribution in [1.29, 1.82) is 0 Å². The molecule has 11 heavy (non-hydrogen) atoms. The quantitative estimate of drug-likeness (QED) is 0.637. The molecule has 3 nitrogen and oxygen atoms in total. The summed E-state index contributed by atoms with van der Waals surface area (Å²) in [6.45, 7) is 2.11. The molecule has 3 heteroatoms. The summed E-state index contributed by atoms with van der Waals surface area (Å²) in [5.41, 5.74) is 0. The van der Waals surface area contributed by atoms with Crippen LogP contribution in [0, 0.1) is 0 Å². The summed E-state index contributed by atoms with van der Waals surface area (Å²) in [6, 6.07) is 0. The van der Waals surface area contributed by atoms with Gasteiger partial charge in [0.05, 0.1) is 0 Å². The van der Waals surface area contributed by atoms with Gasteiger partial charge < -0.3 is 4.57 Å². The molecule has 1 heterocycles. The highest BCUT2D eigenvalue weighted by atomic mass is 15.3. The summed E-state index contributed by atoms with van der Waals surface area (Å²) in [5.74, 6) is 3.00. The molecular formula is C8H13N3. The van der Waals surface area contributed by atoms with Gasteiger partial charge in [0.15, 0.2) is 0 Å². The Bertz CT molecular complexity index is 260. The standard InChI is InChI=1S/C8H13N3/c1-3-7-9-10-8(11(7)2)6-4-5-6/h6H,3-5H2,1-2H3. The lowest BCUT2D eigenvalue weighted by Gasteiger charge is -1.98. The first-order valence-corrected chi connectivity index (χ1v) is 4.21. The topological polar surface area (TPSA) is 30.7 Å². The van der Waals surface area contributed by atoms with Crippen molar-refractivity contribution in [3.8, 4) is 0 Å². The Morgan fingerprint density at radius 1 is 1.45 bits per heavy atom.